The number of rotatable bonds is 11. The SMILES string of the molecule is CCOc1ccc(N2C(=O)[C@H](CC(=O)Nc3ccc(Cl)cc3)N(CCCN3CCN(CC)CC3)C2=S)cc1. The fourth-order valence-electron chi connectivity index (χ4n) is 4.90. The summed E-state index contributed by atoms with van der Waals surface area (Å²) >= 11 is 11.8. The Hall–Kier alpha value is -2.72. The Morgan fingerprint density at radius 1 is 1.00 bits per heavy atom. The molecule has 0 saturated carbocycles. The molecule has 0 aromatic heterocycles. The van der Waals surface area contributed by atoms with Crippen LogP contribution >= 0.6 is 23.8 Å². The van der Waals surface area contributed by atoms with Crippen LogP contribution < -0.4 is 15.0 Å². The lowest BCUT2D eigenvalue weighted by Crippen LogP contribution is -2.47. The minimum atomic E-state index is -0.668. The molecule has 2 aliphatic heterocycles. The van der Waals surface area contributed by atoms with Crippen LogP contribution in [0.15, 0.2) is 48.5 Å². The molecule has 2 saturated heterocycles. The molecule has 1 atom stereocenters. The van der Waals surface area contributed by atoms with E-state index < -0.39 is 6.04 Å². The number of piperazine rings is 1. The second-order valence-corrected chi connectivity index (χ2v) is 10.3. The highest BCUT2D eigenvalue weighted by Crippen LogP contribution is 2.29. The monoisotopic (exact) mass is 557 g/mol. The Kier molecular flexibility index (Phi) is 9.96. The van der Waals surface area contributed by atoms with Crippen molar-refractivity contribution in [2.24, 2.45) is 0 Å². The van der Waals surface area contributed by atoms with Crippen LogP contribution in [0.3, 0.4) is 0 Å². The molecule has 0 spiro atoms. The van der Waals surface area contributed by atoms with Crippen LogP contribution in [0, 0.1) is 0 Å². The minimum absolute atomic E-state index is 0.00427. The maximum atomic E-state index is 13.7. The van der Waals surface area contributed by atoms with E-state index in [0.717, 1.165) is 51.4 Å². The molecule has 2 fully saturated rings. The van der Waals surface area contributed by atoms with Gasteiger partial charge >= 0.3 is 0 Å². The number of carbonyl (C=O) groups is 2. The molecule has 0 unspecified atom stereocenters. The van der Waals surface area contributed by atoms with Crippen molar-refractivity contribution in [3.63, 3.8) is 0 Å². The molecule has 2 amide bonds. The maximum absolute atomic E-state index is 13.7. The summed E-state index contributed by atoms with van der Waals surface area (Å²) in [5.41, 5.74) is 1.30. The van der Waals surface area contributed by atoms with E-state index in [0.29, 0.717) is 34.7 Å². The van der Waals surface area contributed by atoms with E-state index in [2.05, 4.69) is 22.0 Å². The van der Waals surface area contributed by atoms with Gasteiger partial charge in [0.2, 0.25) is 5.91 Å². The van der Waals surface area contributed by atoms with Crippen LogP contribution in [0.1, 0.15) is 26.7 Å². The maximum Gasteiger partial charge on any atom is 0.256 e. The average molecular weight is 558 g/mol. The molecule has 2 heterocycles. The molecule has 2 aliphatic rings. The molecule has 1 N–H and O–H groups in total. The van der Waals surface area contributed by atoms with E-state index >= 15 is 0 Å². The summed E-state index contributed by atoms with van der Waals surface area (Å²) in [5.74, 6) is 0.289. The van der Waals surface area contributed by atoms with Crippen molar-refractivity contribution < 1.29 is 14.3 Å². The number of nitrogens with zero attached hydrogens (tertiary/aromatic N) is 4. The van der Waals surface area contributed by atoms with Gasteiger partial charge in [-0.3, -0.25) is 14.5 Å². The normalized spacial score (nSPS) is 18.8. The van der Waals surface area contributed by atoms with Crippen molar-refractivity contribution >= 4 is 52.1 Å². The highest BCUT2D eigenvalue weighted by Gasteiger charge is 2.44. The third kappa shape index (κ3) is 7.02. The zero-order chi connectivity index (χ0) is 27.1. The number of ether oxygens (including phenoxy) is 1. The van der Waals surface area contributed by atoms with E-state index in [-0.39, 0.29) is 18.2 Å². The molecule has 2 aromatic rings. The molecular weight excluding hydrogens is 522 g/mol. The summed E-state index contributed by atoms with van der Waals surface area (Å²) in [6.45, 7) is 11.5. The van der Waals surface area contributed by atoms with Crippen LogP contribution in [0.2, 0.25) is 5.02 Å². The summed E-state index contributed by atoms with van der Waals surface area (Å²) in [6, 6.07) is 13.6. The standard InChI is InChI=1S/C28H36ClN5O3S/c1-3-31-16-18-32(19-17-31)14-5-15-33-25(20-26(35)30-22-8-6-21(29)7-9-22)27(36)34(28(33)38)23-10-12-24(13-11-23)37-4-2/h6-13,25H,3-5,14-20H2,1-2H3,(H,30,35)/t25-/m0/s1. The van der Waals surface area contributed by atoms with Crippen LogP contribution in [0.4, 0.5) is 11.4 Å². The molecular formula is C28H36ClN5O3S. The first-order chi connectivity index (χ1) is 18.4. The van der Waals surface area contributed by atoms with Crippen LogP contribution in [0.25, 0.3) is 0 Å². The van der Waals surface area contributed by atoms with Crippen molar-refractivity contribution in [1.29, 1.82) is 0 Å². The third-order valence-corrected chi connectivity index (χ3v) is 7.69. The number of anilines is 2. The quantitative estimate of drug-likeness (QED) is 0.417. The summed E-state index contributed by atoms with van der Waals surface area (Å²) < 4.78 is 5.54. The zero-order valence-electron chi connectivity index (χ0n) is 22.1. The highest BCUT2D eigenvalue weighted by atomic mass is 35.5. The molecule has 0 aliphatic carbocycles. The van der Waals surface area contributed by atoms with E-state index in [9.17, 15) is 9.59 Å². The Balaban J connectivity index is 1.45. The second-order valence-electron chi connectivity index (χ2n) is 9.48. The lowest BCUT2D eigenvalue weighted by atomic mass is 10.1. The zero-order valence-corrected chi connectivity index (χ0v) is 23.6. The number of nitrogens with one attached hydrogen (secondary N) is 1. The molecule has 0 bridgehead atoms. The minimum Gasteiger partial charge on any atom is -0.494 e. The fraction of sp³-hybridized carbons (Fsp3) is 0.464. The first kappa shape index (κ1) is 28.3. The van der Waals surface area contributed by atoms with Gasteiger partial charge in [-0.05, 0) is 87.2 Å². The number of benzene rings is 2. The Bertz CT molecular complexity index is 1110. The van der Waals surface area contributed by atoms with Crippen molar-refractivity contribution in [3.05, 3.63) is 53.6 Å². The van der Waals surface area contributed by atoms with Crippen molar-refractivity contribution in [3.8, 4) is 5.75 Å². The summed E-state index contributed by atoms with van der Waals surface area (Å²) in [5, 5.41) is 3.90. The largest absolute Gasteiger partial charge is 0.494 e. The number of halogens is 1. The molecule has 8 nitrogen and oxygen atoms in total. The summed E-state index contributed by atoms with van der Waals surface area (Å²) in [4.78, 5) is 35.0. The lowest BCUT2D eigenvalue weighted by Gasteiger charge is -2.34. The van der Waals surface area contributed by atoms with Gasteiger partial charge in [-0.2, -0.15) is 0 Å². The Morgan fingerprint density at radius 2 is 1.66 bits per heavy atom. The summed E-state index contributed by atoms with van der Waals surface area (Å²) in [6.07, 6.45) is 0.857. The lowest BCUT2D eigenvalue weighted by molar-refractivity contribution is -0.124. The number of amides is 2. The van der Waals surface area contributed by atoms with Gasteiger partial charge in [-0.25, -0.2) is 0 Å². The Labute approximate surface area is 235 Å². The van der Waals surface area contributed by atoms with Crippen molar-refractivity contribution in [2.45, 2.75) is 32.7 Å². The molecule has 204 valence electrons. The predicted molar refractivity (Wildman–Crippen MR) is 156 cm³/mol. The van der Waals surface area contributed by atoms with Gasteiger partial charge in [0.1, 0.15) is 11.8 Å². The van der Waals surface area contributed by atoms with Gasteiger partial charge in [0, 0.05) is 43.4 Å². The number of thiocarbonyl (C=S) groups is 1. The molecule has 38 heavy (non-hydrogen) atoms. The van der Waals surface area contributed by atoms with E-state index in [1.54, 1.807) is 29.2 Å². The van der Waals surface area contributed by atoms with Crippen LogP contribution in [-0.2, 0) is 9.59 Å². The van der Waals surface area contributed by atoms with Crippen LogP contribution in [-0.4, -0.2) is 90.1 Å². The third-order valence-electron chi connectivity index (χ3n) is 7.02. The van der Waals surface area contributed by atoms with Crippen LogP contribution in [0.5, 0.6) is 5.75 Å². The predicted octanol–water partition coefficient (Wildman–Crippen LogP) is 4.10. The first-order valence-corrected chi connectivity index (χ1v) is 14.1. The van der Waals surface area contributed by atoms with Gasteiger partial charge in [0.15, 0.2) is 5.11 Å². The van der Waals surface area contributed by atoms with Gasteiger partial charge in [-0.1, -0.05) is 18.5 Å². The van der Waals surface area contributed by atoms with E-state index in [1.807, 2.05) is 36.1 Å². The second kappa shape index (κ2) is 13.4. The molecule has 2 aromatic carbocycles. The van der Waals surface area contributed by atoms with Gasteiger partial charge < -0.3 is 24.8 Å². The van der Waals surface area contributed by atoms with Gasteiger partial charge in [0.05, 0.1) is 18.7 Å². The van der Waals surface area contributed by atoms with E-state index in [1.165, 1.54) is 0 Å². The average Bonchev–Trinajstić information content (AvgIpc) is 3.15. The highest BCUT2D eigenvalue weighted by molar-refractivity contribution is 7.80. The van der Waals surface area contributed by atoms with Gasteiger partial charge in [-0.15, -0.1) is 0 Å². The van der Waals surface area contributed by atoms with Crippen molar-refractivity contribution in [2.75, 3.05) is 62.6 Å². The molecule has 0 radical (unpaired) electrons. The van der Waals surface area contributed by atoms with Crippen molar-refractivity contribution in [1.82, 2.24) is 14.7 Å². The first-order valence-electron chi connectivity index (χ1n) is 13.3. The fourth-order valence-corrected chi connectivity index (χ4v) is 5.44. The molecule has 10 heteroatoms. The van der Waals surface area contributed by atoms with E-state index in [4.69, 9.17) is 28.6 Å². The number of carbonyl (C=O) groups excluding carboxylic acids is 2. The van der Waals surface area contributed by atoms with Gasteiger partial charge in [0.25, 0.3) is 5.91 Å². The summed E-state index contributed by atoms with van der Waals surface area (Å²) in [7, 11) is 0. The Morgan fingerprint density at radius 3 is 2.29 bits per heavy atom. The smallest absolute Gasteiger partial charge is 0.256 e. The number of hydrogen-bond donors (Lipinski definition) is 1. The molecule has 4 rings (SSSR count). The number of likely N-dealkylation sites (N-methyl/N-ethyl adjacent to an activating group) is 1. The number of hydrogen-bond acceptors (Lipinski definition) is 6. The topological polar surface area (TPSA) is 68.4 Å².